The van der Waals surface area contributed by atoms with Crippen LogP contribution in [0.1, 0.15) is 30.5 Å². The van der Waals surface area contributed by atoms with Gasteiger partial charge in [0.25, 0.3) is 5.56 Å². The summed E-state index contributed by atoms with van der Waals surface area (Å²) in [6.45, 7) is 4.36. The zero-order chi connectivity index (χ0) is 19.0. The molecule has 0 radical (unpaired) electrons. The molecule has 1 amide bonds. The molecule has 4 rings (SSSR count). The van der Waals surface area contributed by atoms with Gasteiger partial charge in [-0.2, -0.15) is 0 Å². The number of hydrogen-bond donors (Lipinski definition) is 1. The number of anilines is 1. The number of carbonyl (C=O) groups excluding carboxylic acids is 1. The van der Waals surface area contributed by atoms with Crippen molar-refractivity contribution in [3.63, 3.8) is 0 Å². The summed E-state index contributed by atoms with van der Waals surface area (Å²) in [5.74, 6) is 1.55. The highest BCUT2D eigenvalue weighted by Crippen LogP contribution is 2.35. The average Bonchev–Trinajstić information content (AvgIpc) is 2.68. The number of amides is 1. The zero-order valence-electron chi connectivity index (χ0n) is 15.8. The van der Waals surface area contributed by atoms with Crippen molar-refractivity contribution in [3.05, 3.63) is 58.0 Å². The predicted molar refractivity (Wildman–Crippen MR) is 104 cm³/mol. The number of likely N-dealkylation sites (tertiary alicyclic amines) is 1. The molecular formula is C21H25N3O3. The van der Waals surface area contributed by atoms with Gasteiger partial charge in [-0.05, 0) is 42.2 Å². The summed E-state index contributed by atoms with van der Waals surface area (Å²) >= 11 is 0. The molecule has 1 fully saturated rings. The second-order valence-corrected chi connectivity index (χ2v) is 7.51. The van der Waals surface area contributed by atoms with Crippen molar-refractivity contribution in [2.45, 2.75) is 32.4 Å². The van der Waals surface area contributed by atoms with Gasteiger partial charge >= 0.3 is 0 Å². The van der Waals surface area contributed by atoms with Crippen LogP contribution in [0.3, 0.4) is 0 Å². The first kappa shape index (κ1) is 17.6. The van der Waals surface area contributed by atoms with Crippen LogP contribution in [0.4, 0.5) is 5.69 Å². The second kappa shape index (κ2) is 7.10. The van der Waals surface area contributed by atoms with Crippen LogP contribution in [0.2, 0.25) is 0 Å². The molecule has 6 nitrogen and oxygen atoms in total. The fraction of sp³-hybridized carbons (Fsp3) is 0.429. The van der Waals surface area contributed by atoms with E-state index in [0.717, 1.165) is 30.0 Å². The van der Waals surface area contributed by atoms with Gasteiger partial charge in [-0.3, -0.25) is 9.59 Å². The number of benzene rings is 1. The Morgan fingerprint density at radius 1 is 1.15 bits per heavy atom. The van der Waals surface area contributed by atoms with Crippen LogP contribution in [0.25, 0.3) is 0 Å². The number of pyridine rings is 1. The maximum absolute atomic E-state index is 13.0. The monoisotopic (exact) mass is 367 g/mol. The molecule has 2 bridgehead atoms. The van der Waals surface area contributed by atoms with Crippen LogP contribution in [-0.4, -0.2) is 35.6 Å². The number of nitrogens with one attached hydrogen (secondary N) is 1. The van der Waals surface area contributed by atoms with Crippen molar-refractivity contribution in [2.75, 3.05) is 25.5 Å². The summed E-state index contributed by atoms with van der Waals surface area (Å²) in [7, 11) is 1.65. The predicted octanol–water partition coefficient (Wildman–Crippen LogP) is 2.43. The molecule has 2 unspecified atom stereocenters. The molecule has 2 atom stereocenters. The number of ether oxygens (including phenoxy) is 1. The number of fused-ring (bicyclic) bond motifs is 4. The highest BCUT2D eigenvalue weighted by molar-refractivity contribution is 5.73. The lowest BCUT2D eigenvalue weighted by Crippen LogP contribution is -2.48. The topological polar surface area (TPSA) is 63.6 Å². The fourth-order valence-corrected chi connectivity index (χ4v) is 4.28. The Bertz CT molecular complexity index is 904. The Morgan fingerprint density at radius 3 is 2.63 bits per heavy atom. The normalized spacial score (nSPS) is 20.7. The van der Waals surface area contributed by atoms with E-state index in [4.69, 9.17) is 4.74 Å². The Hall–Kier alpha value is -2.76. The number of aromatic nitrogens is 1. The summed E-state index contributed by atoms with van der Waals surface area (Å²) in [5, 5.41) is 3.27. The standard InChI is InChI=1S/C21H25N3O3/c1-14(25)23-11-16-9-17(13-23)20-8-7-19(21(26)24(20)12-16)22-10-15-3-5-18(27-2)6-4-15/h3-8,16-17,22H,9-13H2,1-2H3. The third-order valence-corrected chi connectivity index (χ3v) is 5.69. The highest BCUT2D eigenvalue weighted by Gasteiger charge is 2.35. The minimum atomic E-state index is 0.0342. The molecule has 0 spiro atoms. The SMILES string of the molecule is COc1ccc(CNc2ccc3n(c2=O)CC2CC3CN(C(C)=O)C2)cc1. The summed E-state index contributed by atoms with van der Waals surface area (Å²) in [4.78, 5) is 26.7. The second-order valence-electron chi connectivity index (χ2n) is 7.51. The van der Waals surface area contributed by atoms with Gasteiger partial charge in [0.1, 0.15) is 11.4 Å². The van der Waals surface area contributed by atoms with Gasteiger partial charge in [-0.15, -0.1) is 0 Å². The van der Waals surface area contributed by atoms with Crippen molar-refractivity contribution < 1.29 is 9.53 Å². The van der Waals surface area contributed by atoms with Crippen molar-refractivity contribution in [1.82, 2.24) is 9.47 Å². The van der Waals surface area contributed by atoms with Gasteiger partial charge in [-0.1, -0.05) is 12.1 Å². The van der Waals surface area contributed by atoms with Crippen LogP contribution in [0.5, 0.6) is 5.75 Å². The molecule has 1 aromatic heterocycles. The summed E-state index contributed by atoms with van der Waals surface area (Å²) in [5.41, 5.74) is 2.80. The molecular weight excluding hydrogens is 342 g/mol. The van der Waals surface area contributed by atoms with E-state index in [1.54, 1.807) is 14.0 Å². The van der Waals surface area contributed by atoms with E-state index in [1.165, 1.54) is 0 Å². The fourth-order valence-electron chi connectivity index (χ4n) is 4.28. The summed E-state index contributed by atoms with van der Waals surface area (Å²) in [6.07, 6.45) is 1.06. The van der Waals surface area contributed by atoms with Gasteiger partial charge in [0, 0.05) is 44.7 Å². The van der Waals surface area contributed by atoms with Crippen molar-refractivity contribution in [2.24, 2.45) is 5.92 Å². The molecule has 142 valence electrons. The molecule has 27 heavy (non-hydrogen) atoms. The van der Waals surface area contributed by atoms with Crippen LogP contribution in [0, 0.1) is 5.92 Å². The smallest absolute Gasteiger partial charge is 0.274 e. The largest absolute Gasteiger partial charge is 0.497 e. The maximum atomic E-state index is 13.0. The van der Waals surface area contributed by atoms with Crippen molar-refractivity contribution in [3.8, 4) is 5.75 Å². The van der Waals surface area contributed by atoms with Crippen molar-refractivity contribution in [1.29, 1.82) is 0 Å². The molecule has 3 heterocycles. The molecule has 2 aliphatic heterocycles. The number of hydrogen-bond acceptors (Lipinski definition) is 4. The van der Waals surface area contributed by atoms with E-state index < -0.39 is 0 Å². The molecule has 1 saturated heterocycles. The van der Waals surface area contributed by atoms with Crippen LogP contribution in [0.15, 0.2) is 41.2 Å². The van der Waals surface area contributed by atoms with Gasteiger partial charge in [0.2, 0.25) is 5.91 Å². The number of nitrogens with zero attached hydrogens (tertiary/aromatic N) is 2. The first-order chi connectivity index (χ1) is 13.0. The van der Waals surface area contributed by atoms with E-state index in [0.29, 0.717) is 31.2 Å². The summed E-state index contributed by atoms with van der Waals surface area (Å²) in [6, 6.07) is 11.7. The molecule has 0 aliphatic carbocycles. The van der Waals surface area contributed by atoms with Crippen molar-refractivity contribution >= 4 is 11.6 Å². The van der Waals surface area contributed by atoms with E-state index in [2.05, 4.69) is 5.32 Å². The van der Waals surface area contributed by atoms with Gasteiger partial charge in [0.15, 0.2) is 0 Å². The van der Waals surface area contributed by atoms with E-state index in [1.807, 2.05) is 45.9 Å². The number of carbonyl (C=O) groups is 1. The Labute approximate surface area is 158 Å². The quantitative estimate of drug-likeness (QED) is 0.902. The van der Waals surface area contributed by atoms with Gasteiger partial charge in [-0.25, -0.2) is 0 Å². The molecule has 6 heteroatoms. The molecule has 0 saturated carbocycles. The first-order valence-electron chi connectivity index (χ1n) is 9.41. The first-order valence-corrected chi connectivity index (χ1v) is 9.41. The van der Waals surface area contributed by atoms with Crippen LogP contribution < -0.4 is 15.6 Å². The maximum Gasteiger partial charge on any atom is 0.274 e. The molecule has 1 N–H and O–H groups in total. The number of methoxy groups -OCH3 is 1. The molecule has 2 aliphatic rings. The lowest BCUT2D eigenvalue weighted by atomic mass is 9.83. The third kappa shape index (κ3) is 3.44. The minimum absolute atomic E-state index is 0.0342. The Morgan fingerprint density at radius 2 is 1.93 bits per heavy atom. The Kier molecular flexibility index (Phi) is 4.64. The van der Waals surface area contributed by atoms with Crippen LogP contribution >= 0.6 is 0 Å². The van der Waals surface area contributed by atoms with Gasteiger partial charge < -0.3 is 19.5 Å². The average molecular weight is 367 g/mol. The number of piperidine rings is 1. The lowest BCUT2D eigenvalue weighted by Gasteiger charge is -2.42. The number of rotatable bonds is 4. The lowest BCUT2D eigenvalue weighted by molar-refractivity contribution is -0.131. The minimum Gasteiger partial charge on any atom is -0.497 e. The highest BCUT2D eigenvalue weighted by atomic mass is 16.5. The zero-order valence-corrected chi connectivity index (χ0v) is 15.8. The van der Waals surface area contributed by atoms with Crippen LogP contribution in [-0.2, 0) is 17.9 Å². The van der Waals surface area contributed by atoms with E-state index >= 15 is 0 Å². The summed E-state index contributed by atoms with van der Waals surface area (Å²) < 4.78 is 7.08. The molecule has 1 aromatic carbocycles. The Balaban J connectivity index is 1.53. The third-order valence-electron chi connectivity index (χ3n) is 5.69. The van der Waals surface area contributed by atoms with Gasteiger partial charge in [0.05, 0.1) is 7.11 Å². The molecule has 2 aromatic rings. The van der Waals surface area contributed by atoms with E-state index in [-0.39, 0.29) is 17.4 Å². The van der Waals surface area contributed by atoms with E-state index in [9.17, 15) is 9.59 Å².